The number of hydrogen-bond acceptors (Lipinski definition) is 7. The Balaban J connectivity index is 1.87. The summed E-state index contributed by atoms with van der Waals surface area (Å²) in [5.74, 6) is -0.531. The molecule has 0 bridgehead atoms. The molecule has 0 N–H and O–H groups in total. The molecule has 2 aromatic rings. The van der Waals surface area contributed by atoms with Crippen LogP contribution in [0, 0.1) is 10.1 Å². The van der Waals surface area contributed by atoms with Crippen molar-refractivity contribution in [2.75, 3.05) is 6.79 Å². The van der Waals surface area contributed by atoms with Crippen LogP contribution in [0.3, 0.4) is 0 Å². The standard InChI is InChI=1S/C13H11F3N4O4S/c1-19-11(13(14,15)16)17-18-12(19)25-5-8-3-9(20(21)22)2-7-4-23-6-24-10(7)8/h2-3H,4-6H2,1H3. The minimum Gasteiger partial charge on any atom is -0.467 e. The average molecular weight is 376 g/mol. The van der Waals surface area contributed by atoms with E-state index in [0.717, 1.165) is 16.3 Å². The monoisotopic (exact) mass is 376 g/mol. The Morgan fingerprint density at radius 3 is 2.80 bits per heavy atom. The molecule has 0 saturated heterocycles. The third kappa shape index (κ3) is 3.54. The number of nitro groups is 1. The predicted molar refractivity (Wildman–Crippen MR) is 78.9 cm³/mol. The molecule has 0 spiro atoms. The quantitative estimate of drug-likeness (QED) is 0.460. The average Bonchev–Trinajstić information content (AvgIpc) is 2.93. The lowest BCUT2D eigenvalue weighted by Crippen LogP contribution is -2.14. The first-order valence-electron chi connectivity index (χ1n) is 6.87. The second-order valence-electron chi connectivity index (χ2n) is 5.11. The van der Waals surface area contributed by atoms with Gasteiger partial charge in [-0.3, -0.25) is 10.1 Å². The molecule has 8 nitrogen and oxygen atoms in total. The van der Waals surface area contributed by atoms with Gasteiger partial charge >= 0.3 is 6.18 Å². The van der Waals surface area contributed by atoms with Gasteiger partial charge in [-0.25, -0.2) is 0 Å². The summed E-state index contributed by atoms with van der Waals surface area (Å²) in [4.78, 5) is 10.5. The summed E-state index contributed by atoms with van der Waals surface area (Å²) in [6.07, 6.45) is -4.61. The number of benzene rings is 1. The van der Waals surface area contributed by atoms with Gasteiger partial charge in [0.2, 0.25) is 5.82 Å². The molecule has 0 saturated carbocycles. The van der Waals surface area contributed by atoms with E-state index in [1.165, 1.54) is 19.2 Å². The molecule has 0 amide bonds. The van der Waals surface area contributed by atoms with Crippen molar-refractivity contribution in [2.45, 2.75) is 23.7 Å². The fourth-order valence-corrected chi connectivity index (χ4v) is 3.20. The van der Waals surface area contributed by atoms with Crippen molar-refractivity contribution < 1.29 is 27.6 Å². The van der Waals surface area contributed by atoms with Crippen LogP contribution in [0.1, 0.15) is 17.0 Å². The minimum atomic E-state index is -4.61. The number of ether oxygens (including phenoxy) is 2. The van der Waals surface area contributed by atoms with Crippen molar-refractivity contribution in [3.63, 3.8) is 0 Å². The number of nitro benzene ring substituents is 1. The van der Waals surface area contributed by atoms with Crippen molar-refractivity contribution in [1.82, 2.24) is 14.8 Å². The molecule has 1 aliphatic rings. The van der Waals surface area contributed by atoms with Gasteiger partial charge in [-0.1, -0.05) is 11.8 Å². The van der Waals surface area contributed by atoms with Gasteiger partial charge in [0, 0.05) is 36.1 Å². The number of rotatable bonds is 4. The number of aromatic nitrogens is 3. The van der Waals surface area contributed by atoms with Crippen molar-refractivity contribution in [2.24, 2.45) is 7.05 Å². The Kier molecular flexibility index (Phi) is 4.56. The normalized spacial score (nSPS) is 14.1. The van der Waals surface area contributed by atoms with Crippen LogP contribution in [0.25, 0.3) is 0 Å². The smallest absolute Gasteiger partial charge is 0.451 e. The van der Waals surface area contributed by atoms with Crippen LogP contribution in [0.5, 0.6) is 5.75 Å². The Morgan fingerprint density at radius 2 is 2.16 bits per heavy atom. The number of thioether (sulfide) groups is 1. The van der Waals surface area contributed by atoms with Crippen LogP contribution in [0.2, 0.25) is 0 Å². The summed E-state index contributed by atoms with van der Waals surface area (Å²) < 4.78 is 49.6. The Morgan fingerprint density at radius 1 is 1.40 bits per heavy atom. The summed E-state index contributed by atoms with van der Waals surface area (Å²) in [6, 6.07) is 2.69. The van der Waals surface area contributed by atoms with Crippen molar-refractivity contribution in [3.8, 4) is 5.75 Å². The zero-order valence-electron chi connectivity index (χ0n) is 12.7. The maximum atomic E-state index is 12.8. The fourth-order valence-electron chi connectivity index (χ4n) is 2.32. The molecule has 1 aromatic heterocycles. The minimum absolute atomic E-state index is 0.00462. The summed E-state index contributed by atoms with van der Waals surface area (Å²) >= 11 is 0.976. The molecule has 0 unspecified atom stereocenters. The third-order valence-electron chi connectivity index (χ3n) is 3.43. The van der Waals surface area contributed by atoms with E-state index in [9.17, 15) is 23.3 Å². The zero-order chi connectivity index (χ0) is 18.2. The molecular formula is C13H11F3N4O4S. The number of hydrogen-bond donors (Lipinski definition) is 0. The number of fused-ring (bicyclic) bond motifs is 1. The van der Waals surface area contributed by atoms with Crippen molar-refractivity contribution in [3.05, 3.63) is 39.2 Å². The molecule has 1 aromatic carbocycles. The molecular weight excluding hydrogens is 365 g/mol. The first-order valence-corrected chi connectivity index (χ1v) is 7.86. The Bertz CT molecular complexity index is 824. The second-order valence-corrected chi connectivity index (χ2v) is 6.06. The molecule has 134 valence electrons. The highest BCUT2D eigenvalue weighted by atomic mass is 32.2. The highest BCUT2D eigenvalue weighted by Crippen LogP contribution is 2.36. The summed E-state index contributed by atoms with van der Waals surface area (Å²) in [7, 11) is 1.21. The van der Waals surface area contributed by atoms with E-state index in [1.54, 1.807) is 0 Å². The molecule has 2 heterocycles. The lowest BCUT2D eigenvalue weighted by Gasteiger charge is -2.20. The van der Waals surface area contributed by atoms with E-state index in [2.05, 4.69) is 10.2 Å². The molecule has 0 atom stereocenters. The van der Waals surface area contributed by atoms with Gasteiger partial charge in [0.15, 0.2) is 11.9 Å². The van der Waals surface area contributed by atoms with E-state index < -0.39 is 16.9 Å². The van der Waals surface area contributed by atoms with Gasteiger partial charge in [-0.2, -0.15) is 13.2 Å². The third-order valence-corrected chi connectivity index (χ3v) is 4.50. The van der Waals surface area contributed by atoms with Gasteiger partial charge < -0.3 is 14.0 Å². The lowest BCUT2D eigenvalue weighted by atomic mass is 10.1. The predicted octanol–water partition coefficient (Wildman–Crippen LogP) is 2.90. The largest absolute Gasteiger partial charge is 0.467 e. The van der Waals surface area contributed by atoms with Crippen LogP contribution >= 0.6 is 11.8 Å². The van der Waals surface area contributed by atoms with Gasteiger partial charge in [0.05, 0.1) is 11.5 Å². The Hall–Kier alpha value is -2.34. The fraction of sp³-hybridized carbons (Fsp3) is 0.385. The first-order chi connectivity index (χ1) is 11.8. The molecule has 25 heavy (non-hydrogen) atoms. The van der Waals surface area contributed by atoms with E-state index in [1.807, 2.05) is 0 Å². The van der Waals surface area contributed by atoms with Crippen LogP contribution in [0.15, 0.2) is 17.3 Å². The maximum absolute atomic E-state index is 12.8. The highest BCUT2D eigenvalue weighted by molar-refractivity contribution is 7.98. The zero-order valence-corrected chi connectivity index (χ0v) is 13.6. The van der Waals surface area contributed by atoms with Gasteiger partial charge in [0.1, 0.15) is 5.75 Å². The maximum Gasteiger partial charge on any atom is 0.451 e. The lowest BCUT2D eigenvalue weighted by molar-refractivity contribution is -0.385. The van der Waals surface area contributed by atoms with E-state index >= 15 is 0 Å². The number of halogens is 3. The van der Waals surface area contributed by atoms with Crippen LogP contribution in [-0.4, -0.2) is 26.5 Å². The van der Waals surface area contributed by atoms with E-state index in [0.29, 0.717) is 16.9 Å². The highest BCUT2D eigenvalue weighted by Gasteiger charge is 2.37. The molecule has 1 aliphatic heterocycles. The first kappa shape index (κ1) is 17.5. The van der Waals surface area contributed by atoms with Gasteiger partial charge in [0.25, 0.3) is 5.69 Å². The van der Waals surface area contributed by atoms with Crippen molar-refractivity contribution >= 4 is 17.4 Å². The topological polar surface area (TPSA) is 92.3 Å². The van der Waals surface area contributed by atoms with E-state index in [-0.39, 0.29) is 30.0 Å². The molecule has 0 radical (unpaired) electrons. The summed E-state index contributed by atoms with van der Waals surface area (Å²) in [5.41, 5.74) is 0.858. The van der Waals surface area contributed by atoms with Crippen molar-refractivity contribution in [1.29, 1.82) is 0 Å². The van der Waals surface area contributed by atoms with E-state index in [4.69, 9.17) is 9.47 Å². The van der Waals surface area contributed by atoms with Gasteiger partial charge in [-0.05, 0) is 0 Å². The number of alkyl halides is 3. The SMILES string of the molecule is Cn1c(SCc2cc([N+](=O)[O-])cc3c2OCOC3)nnc1C(F)(F)F. The molecule has 0 fully saturated rings. The number of non-ortho nitro benzene ring substituents is 1. The van der Waals surface area contributed by atoms with Crippen LogP contribution < -0.4 is 4.74 Å². The summed E-state index contributed by atoms with van der Waals surface area (Å²) in [6.45, 7) is 0.168. The van der Waals surface area contributed by atoms with Gasteiger partial charge in [-0.15, -0.1) is 10.2 Å². The molecule has 12 heteroatoms. The van der Waals surface area contributed by atoms with Crippen LogP contribution in [-0.2, 0) is 30.3 Å². The second kappa shape index (κ2) is 6.52. The Labute approximate surface area is 143 Å². The molecule has 0 aliphatic carbocycles. The number of nitrogens with zero attached hydrogens (tertiary/aromatic N) is 4. The van der Waals surface area contributed by atoms with Crippen LogP contribution in [0.4, 0.5) is 18.9 Å². The molecule has 3 rings (SSSR count). The summed E-state index contributed by atoms with van der Waals surface area (Å²) in [5, 5.41) is 17.8.